The first kappa shape index (κ1) is 15.3. The zero-order valence-electron chi connectivity index (χ0n) is 12.0. The number of thiazole rings is 1. The Bertz CT molecular complexity index is 702. The zero-order chi connectivity index (χ0) is 15.4. The lowest BCUT2D eigenvalue weighted by Gasteiger charge is -2.08. The summed E-state index contributed by atoms with van der Waals surface area (Å²) in [6, 6.07) is 7.76. The molecule has 1 heterocycles. The molecule has 0 fully saturated rings. The van der Waals surface area contributed by atoms with Crippen molar-refractivity contribution in [1.82, 2.24) is 4.57 Å². The van der Waals surface area contributed by atoms with E-state index in [0.29, 0.717) is 25.3 Å². The Labute approximate surface area is 126 Å². The summed E-state index contributed by atoms with van der Waals surface area (Å²) in [5.41, 5.74) is 1.64. The first-order valence-corrected chi connectivity index (χ1v) is 7.43. The number of hydrogen-bond acceptors (Lipinski definition) is 4. The summed E-state index contributed by atoms with van der Waals surface area (Å²) in [5, 5.41) is 8.98. The van der Waals surface area contributed by atoms with Gasteiger partial charge in [-0.15, -0.1) is 0 Å². The van der Waals surface area contributed by atoms with Crippen molar-refractivity contribution in [2.45, 2.75) is 26.8 Å². The third-order valence-electron chi connectivity index (χ3n) is 3.12. The molecule has 0 aliphatic rings. The first-order chi connectivity index (χ1) is 9.99. The van der Waals surface area contributed by atoms with Crippen LogP contribution in [0.1, 0.15) is 27.3 Å². The van der Waals surface area contributed by atoms with Crippen LogP contribution in [0.4, 0.5) is 0 Å². The minimum absolute atomic E-state index is 0.111. The van der Waals surface area contributed by atoms with E-state index in [2.05, 4.69) is 0 Å². The first-order valence-electron chi connectivity index (χ1n) is 6.62. The number of carbonyl (C=O) groups is 1. The predicted molar refractivity (Wildman–Crippen MR) is 81.6 cm³/mol. The second-order valence-electron chi connectivity index (χ2n) is 4.76. The van der Waals surface area contributed by atoms with Crippen molar-refractivity contribution in [3.05, 3.63) is 50.1 Å². The van der Waals surface area contributed by atoms with E-state index in [1.54, 1.807) is 6.92 Å². The van der Waals surface area contributed by atoms with Crippen molar-refractivity contribution in [3.63, 3.8) is 0 Å². The molecule has 1 aromatic heterocycles. The lowest BCUT2D eigenvalue weighted by Crippen LogP contribution is -2.16. The van der Waals surface area contributed by atoms with Crippen LogP contribution in [0, 0.1) is 13.8 Å². The topological polar surface area (TPSA) is 68.5 Å². The van der Waals surface area contributed by atoms with E-state index in [4.69, 9.17) is 9.84 Å². The van der Waals surface area contributed by atoms with Crippen LogP contribution < -0.4 is 9.61 Å². The number of benzene rings is 1. The quantitative estimate of drug-likeness (QED) is 0.833. The van der Waals surface area contributed by atoms with E-state index in [1.807, 2.05) is 31.2 Å². The van der Waals surface area contributed by atoms with Gasteiger partial charge in [-0.1, -0.05) is 23.5 Å². The van der Waals surface area contributed by atoms with Gasteiger partial charge >= 0.3 is 10.8 Å². The highest BCUT2D eigenvalue weighted by atomic mass is 32.1. The van der Waals surface area contributed by atoms with Crippen LogP contribution in [0.3, 0.4) is 0 Å². The van der Waals surface area contributed by atoms with Crippen molar-refractivity contribution in [2.24, 2.45) is 0 Å². The molecule has 0 saturated heterocycles. The molecule has 0 aliphatic heterocycles. The number of nitrogens with zero attached hydrogens (tertiary/aromatic N) is 1. The van der Waals surface area contributed by atoms with E-state index in [1.165, 1.54) is 4.57 Å². The molecule has 0 aliphatic carbocycles. The molecule has 0 atom stereocenters. The van der Waals surface area contributed by atoms with Crippen LogP contribution >= 0.6 is 11.3 Å². The summed E-state index contributed by atoms with van der Waals surface area (Å²) in [5.74, 6) is -0.250. The van der Waals surface area contributed by atoms with Crippen LogP contribution in [0.5, 0.6) is 5.75 Å². The van der Waals surface area contributed by atoms with Gasteiger partial charge in [0.05, 0.1) is 6.61 Å². The molecular formula is C15H17NO4S. The Kier molecular flexibility index (Phi) is 4.80. The van der Waals surface area contributed by atoms with Gasteiger partial charge in [0.1, 0.15) is 10.6 Å². The highest BCUT2D eigenvalue weighted by Crippen LogP contribution is 2.14. The fourth-order valence-corrected chi connectivity index (χ4v) is 2.91. The van der Waals surface area contributed by atoms with Crippen molar-refractivity contribution in [1.29, 1.82) is 0 Å². The minimum Gasteiger partial charge on any atom is -0.494 e. The summed E-state index contributed by atoms with van der Waals surface area (Å²) >= 11 is 0.773. The molecule has 0 unspecified atom stereocenters. The molecule has 5 nitrogen and oxygen atoms in total. The number of aromatic carboxylic acids is 1. The van der Waals surface area contributed by atoms with E-state index in [-0.39, 0.29) is 9.75 Å². The van der Waals surface area contributed by atoms with Gasteiger partial charge in [-0.3, -0.25) is 4.79 Å². The molecule has 6 heteroatoms. The van der Waals surface area contributed by atoms with Crippen LogP contribution in [0.15, 0.2) is 29.1 Å². The molecule has 21 heavy (non-hydrogen) atoms. The van der Waals surface area contributed by atoms with E-state index in [0.717, 1.165) is 22.6 Å². The normalized spacial score (nSPS) is 10.6. The molecule has 1 aromatic carbocycles. The highest BCUT2D eigenvalue weighted by molar-refractivity contribution is 7.11. The third-order valence-corrected chi connectivity index (χ3v) is 4.19. The SMILES string of the molecule is Cc1cccc(OCCCn2c(C)c(C(=O)O)sc2=O)c1. The Morgan fingerprint density at radius 2 is 2.14 bits per heavy atom. The summed E-state index contributed by atoms with van der Waals surface area (Å²) in [7, 11) is 0. The lowest BCUT2D eigenvalue weighted by atomic mass is 10.2. The molecule has 0 bridgehead atoms. The maximum Gasteiger partial charge on any atom is 0.347 e. The summed E-state index contributed by atoms with van der Waals surface area (Å²) in [6.07, 6.45) is 0.643. The maximum atomic E-state index is 11.8. The summed E-state index contributed by atoms with van der Waals surface area (Å²) in [4.78, 5) is 22.6. The number of carboxylic acids is 1. The zero-order valence-corrected chi connectivity index (χ0v) is 12.8. The largest absolute Gasteiger partial charge is 0.494 e. The highest BCUT2D eigenvalue weighted by Gasteiger charge is 2.16. The van der Waals surface area contributed by atoms with Crippen molar-refractivity contribution < 1.29 is 14.6 Å². The number of aryl methyl sites for hydroxylation is 1. The standard InChI is InChI=1S/C15H17NO4S/c1-10-5-3-6-12(9-10)20-8-4-7-16-11(2)13(14(17)18)21-15(16)19/h3,5-6,9H,4,7-8H2,1-2H3,(H,17,18). The maximum absolute atomic E-state index is 11.8. The summed E-state index contributed by atoms with van der Waals surface area (Å²) < 4.78 is 7.11. The monoisotopic (exact) mass is 307 g/mol. The molecule has 0 saturated carbocycles. The fourth-order valence-electron chi connectivity index (χ4n) is 2.05. The molecule has 2 aromatic rings. The minimum atomic E-state index is -1.05. The van der Waals surface area contributed by atoms with E-state index in [9.17, 15) is 9.59 Å². The number of carboxylic acid groups (broad SMARTS) is 1. The molecule has 1 N–H and O–H groups in total. The third kappa shape index (κ3) is 3.72. The predicted octanol–water partition coefficient (Wildman–Crippen LogP) is 2.69. The van der Waals surface area contributed by atoms with Gasteiger partial charge in [-0.25, -0.2) is 4.79 Å². The van der Waals surface area contributed by atoms with Gasteiger partial charge in [0.15, 0.2) is 0 Å². The average molecular weight is 307 g/mol. The molecule has 0 radical (unpaired) electrons. The smallest absolute Gasteiger partial charge is 0.347 e. The van der Waals surface area contributed by atoms with Gasteiger partial charge in [0.25, 0.3) is 0 Å². The van der Waals surface area contributed by atoms with Crippen LogP contribution in [-0.2, 0) is 6.54 Å². The fraction of sp³-hybridized carbons (Fsp3) is 0.333. The van der Waals surface area contributed by atoms with Gasteiger partial charge in [0.2, 0.25) is 0 Å². The van der Waals surface area contributed by atoms with Crippen LogP contribution in [-0.4, -0.2) is 22.2 Å². The van der Waals surface area contributed by atoms with E-state index >= 15 is 0 Å². The van der Waals surface area contributed by atoms with Gasteiger partial charge < -0.3 is 14.4 Å². The molecule has 2 rings (SSSR count). The van der Waals surface area contributed by atoms with Gasteiger partial charge in [-0.05, 0) is 38.0 Å². The Hall–Kier alpha value is -2.08. The average Bonchev–Trinajstić information content (AvgIpc) is 2.71. The number of ether oxygens (including phenoxy) is 1. The Morgan fingerprint density at radius 1 is 1.38 bits per heavy atom. The number of aromatic nitrogens is 1. The van der Waals surface area contributed by atoms with Crippen molar-refractivity contribution >= 4 is 17.3 Å². The van der Waals surface area contributed by atoms with Crippen molar-refractivity contribution in [2.75, 3.05) is 6.61 Å². The van der Waals surface area contributed by atoms with E-state index < -0.39 is 5.97 Å². The Morgan fingerprint density at radius 3 is 2.76 bits per heavy atom. The number of rotatable bonds is 6. The summed E-state index contributed by atoms with van der Waals surface area (Å²) in [6.45, 7) is 4.59. The second-order valence-corrected chi connectivity index (χ2v) is 5.72. The molecule has 0 spiro atoms. The molecular weight excluding hydrogens is 290 g/mol. The van der Waals surface area contributed by atoms with Crippen molar-refractivity contribution in [3.8, 4) is 5.75 Å². The second kappa shape index (κ2) is 6.58. The number of hydrogen-bond donors (Lipinski definition) is 1. The Balaban J connectivity index is 1.92. The molecule has 0 amide bonds. The molecule has 112 valence electrons. The van der Waals surface area contributed by atoms with Gasteiger partial charge in [0, 0.05) is 12.2 Å². The van der Waals surface area contributed by atoms with Crippen LogP contribution in [0.25, 0.3) is 0 Å². The van der Waals surface area contributed by atoms with Crippen LogP contribution in [0.2, 0.25) is 0 Å². The lowest BCUT2D eigenvalue weighted by molar-refractivity contribution is 0.0700. The van der Waals surface area contributed by atoms with Gasteiger partial charge in [-0.2, -0.15) is 0 Å².